The minimum absolute atomic E-state index is 0.226. The second-order valence-corrected chi connectivity index (χ2v) is 9.38. The van der Waals surface area contributed by atoms with Gasteiger partial charge in [-0.1, -0.05) is 33.3 Å². The van der Waals surface area contributed by atoms with Gasteiger partial charge in [0.1, 0.15) is 5.82 Å². The highest BCUT2D eigenvalue weighted by Gasteiger charge is 2.52. The van der Waals surface area contributed by atoms with Crippen molar-refractivity contribution in [2.24, 2.45) is 0 Å². The fraction of sp³-hybridized carbons (Fsp3) is 0.625. The molecule has 0 bridgehead atoms. The number of hydrogen-bond acceptors (Lipinski definition) is 2. The number of sulfonamides is 1. The monoisotopic (exact) mass is 311 g/mol. The van der Waals surface area contributed by atoms with Crippen molar-refractivity contribution in [1.82, 2.24) is 0 Å². The summed E-state index contributed by atoms with van der Waals surface area (Å²) in [6.07, 6.45) is 4.00. The van der Waals surface area contributed by atoms with Crippen molar-refractivity contribution in [3.8, 4) is 0 Å². The van der Waals surface area contributed by atoms with Crippen molar-refractivity contribution >= 4 is 15.7 Å². The van der Waals surface area contributed by atoms with E-state index >= 15 is 0 Å². The summed E-state index contributed by atoms with van der Waals surface area (Å²) >= 11 is 0. The fourth-order valence-corrected chi connectivity index (χ4v) is 4.67. The third kappa shape index (κ3) is 2.08. The Bertz CT molecular complexity index is 700. The number of benzene rings is 1. The molecule has 116 valence electrons. The Balaban J connectivity index is 2.33. The number of fused-ring (bicyclic) bond motifs is 2. The Morgan fingerprint density at radius 3 is 2.29 bits per heavy atom. The van der Waals surface area contributed by atoms with Gasteiger partial charge in [0.2, 0.25) is 10.0 Å². The highest BCUT2D eigenvalue weighted by Crippen LogP contribution is 2.56. The van der Waals surface area contributed by atoms with Gasteiger partial charge in [-0.25, -0.2) is 12.8 Å². The highest BCUT2D eigenvalue weighted by atomic mass is 32.2. The molecule has 1 aromatic carbocycles. The number of hydrogen-bond donors (Lipinski definition) is 0. The van der Waals surface area contributed by atoms with Gasteiger partial charge in [0.15, 0.2) is 0 Å². The quantitative estimate of drug-likeness (QED) is 0.798. The molecule has 1 aliphatic heterocycles. The maximum absolute atomic E-state index is 14.5. The fourth-order valence-electron chi connectivity index (χ4n) is 3.66. The number of halogens is 1. The number of nitrogens with zero attached hydrogens (tertiary/aromatic N) is 1. The minimum atomic E-state index is -3.40. The van der Waals surface area contributed by atoms with Gasteiger partial charge in [0, 0.05) is 17.5 Å². The van der Waals surface area contributed by atoms with Crippen LogP contribution < -0.4 is 4.31 Å². The van der Waals surface area contributed by atoms with Gasteiger partial charge < -0.3 is 0 Å². The highest BCUT2D eigenvalue weighted by molar-refractivity contribution is 7.92. The normalized spacial score (nSPS) is 20.5. The van der Waals surface area contributed by atoms with E-state index in [1.807, 2.05) is 20.8 Å². The van der Waals surface area contributed by atoms with E-state index in [-0.39, 0.29) is 16.6 Å². The van der Waals surface area contributed by atoms with Crippen LogP contribution in [0.3, 0.4) is 0 Å². The number of rotatable bonds is 1. The van der Waals surface area contributed by atoms with E-state index in [9.17, 15) is 12.8 Å². The predicted molar refractivity (Wildman–Crippen MR) is 82.8 cm³/mol. The Morgan fingerprint density at radius 1 is 1.24 bits per heavy atom. The van der Waals surface area contributed by atoms with Crippen LogP contribution in [-0.4, -0.2) is 21.2 Å². The van der Waals surface area contributed by atoms with Crippen LogP contribution in [0, 0.1) is 5.82 Å². The third-order valence-corrected chi connectivity index (χ3v) is 5.98. The topological polar surface area (TPSA) is 37.4 Å². The van der Waals surface area contributed by atoms with E-state index in [0.717, 1.165) is 24.8 Å². The minimum Gasteiger partial charge on any atom is -0.269 e. The van der Waals surface area contributed by atoms with Crippen LogP contribution in [0.25, 0.3) is 0 Å². The zero-order valence-electron chi connectivity index (χ0n) is 13.0. The first-order valence-corrected chi connectivity index (χ1v) is 9.22. The lowest BCUT2D eigenvalue weighted by Gasteiger charge is -2.38. The van der Waals surface area contributed by atoms with E-state index in [1.54, 1.807) is 6.07 Å². The molecule has 0 N–H and O–H groups in total. The van der Waals surface area contributed by atoms with Crippen molar-refractivity contribution in [2.75, 3.05) is 17.1 Å². The van der Waals surface area contributed by atoms with Gasteiger partial charge in [-0.3, -0.25) is 4.31 Å². The van der Waals surface area contributed by atoms with Gasteiger partial charge in [-0.2, -0.15) is 0 Å². The van der Waals surface area contributed by atoms with Gasteiger partial charge in [-0.15, -0.1) is 0 Å². The SMILES string of the molecule is CC(C)(C)c1ccc(F)c2c1N(S(C)(=O)=O)CC21CCC1. The zero-order chi connectivity index (χ0) is 15.6. The lowest BCUT2D eigenvalue weighted by Crippen LogP contribution is -2.41. The Hall–Kier alpha value is -1.10. The average Bonchev–Trinajstić information content (AvgIpc) is 2.63. The summed E-state index contributed by atoms with van der Waals surface area (Å²) in [6, 6.07) is 3.25. The first-order valence-electron chi connectivity index (χ1n) is 7.37. The smallest absolute Gasteiger partial charge is 0.232 e. The van der Waals surface area contributed by atoms with Crippen molar-refractivity contribution in [2.45, 2.75) is 50.9 Å². The van der Waals surface area contributed by atoms with Gasteiger partial charge in [0.05, 0.1) is 11.9 Å². The summed E-state index contributed by atoms with van der Waals surface area (Å²) in [4.78, 5) is 0. The lowest BCUT2D eigenvalue weighted by atomic mass is 9.65. The van der Waals surface area contributed by atoms with E-state index in [0.29, 0.717) is 17.8 Å². The molecule has 0 unspecified atom stereocenters. The molecular weight excluding hydrogens is 289 g/mol. The van der Waals surface area contributed by atoms with Crippen LogP contribution in [-0.2, 0) is 20.9 Å². The molecule has 0 aromatic heterocycles. The van der Waals surface area contributed by atoms with Crippen LogP contribution in [0.1, 0.15) is 51.2 Å². The molecule has 1 spiro atoms. The molecule has 1 aromatic rings. The molecule has 0 amide bonds. The van der Waals surface area contributed by atoms with Crippen LogP contribution >= 0.6 is 0 Å². The molecule has 0 saturated heterocycles. The summed E-state index contributed by atoms with van der Waals surface area (Å²) < 4.78 is 40.4. The van der Waals surface area contributed by atoms with Crippen molar-refractivity contribution in [3.05, 3.63) is 29.1 Å². The summed E-state index contributed by atoms with van der Waals surface area (Å²) in [5.41, 5.74) is 1.61. The maximum atomic E-state index is 14.5. The Morgan fingerprint density at radius 2 is 1.86 bits per heavy atom. The Labute approximate surface area is 126 Å². The maximum Gasteiger partial charge on any atom is 0.232 e. The van der Waals surface area contributed by atoms with E-state index < -0.39 is 10.0 Å². The van der Waals surface area contributed by atoms with Crippen LogP contribution in [0.15, 0.2) is 12.1 Å². The van der Waals surface area contributed by atoms with Gasteiger partial charge in [0.25, 0.3) is 0 Å². The van der Waals surface area contributed by atoms with Crippen molar-refractivity contribution in [3.63, 3.8) is 0 Å². The molecule has 2 aliphatic rings. The third-order valence-electron chi connectivity index (χ3n) is 4.87. The Kier molecular flexibility index (Phi) is 2.98. The molecular formula is C16H22FNO2S. The molecule has 1 aliphatic carbocycles. The van der Waals surface area contributed by atoms with Gasteiger partial charge in [-0.05, 0) is 29.9 Å². The predicted octanol–water partition coefficient (Wildman–Crippen LogP) is 3.32. The average molecular weight is 311 g/mol. The first kappa shape index (κ1) is 14.8. The molecule has 1 heterocycles. The number of anilines is 1. The second-order valence-electron chi connectivity index (χ2n) is 7.47. The van der Waals surface area contributed by atoms with Crippen LogP contribution in [0.4, 0.5) is 10.1 Å². The van der Waals surface area contributed by atoms with Crippen LogP contribution in [0.2, 0.25) is 0 Å². The molecule has 5 heteroatoms. The molecule has 0 radical (unpaired) electrons. The molecule has 1 fully saturated rings. The summed E-state index contributed by atoms with van der Waals surface area (Å²) in [6.45, 7) is 6.50. The molecule has 3 nitrogen and oxygen atoms in total. The lowest BCUT2D eigenvalue weighted by molar-refractivity contribution is 0.260. The summed E-state index contributed by atoms with van der Waals surface area (Å²) in [5.74, 6) is -0.260. The molecule has 1 saturated carbocycles. The standard InChI is InChI=1S/C16H22FNO2S/c1-15(2,3)11-6-7-12(17)13-14(11)18(21(4,19)20)10-16(13)8-5-9-16/h6-7H,5,8-10H2,1-4H3. The van der Waals surface area contributed by atoms with Gasteiger partial charge >= 0.3 is 0 Å². The van der Waals surface area contributed by atoms with Crippen LogP contribution in [0.5, 0.6) is 0 Å². The first-order chi connectivity index (χ1) is 9.56. The van der Waals surface area contributed by atoms with E-state index in [1.165, 1.54) is 16.6 Å². The van der Waals surface area contributed by atoms with E-state index in [2.05, 4.69) is 0 Å². The van der Waals surface area contributed by atoms with E-state index in [4.69, 9.17) is 0 Å². The largest absolute Gasteiger partial charge is 0.269 e. The molecule has 0 atom stereocenters. The summed E-state index contributed by atoms with van der Waals surface area (Å²) in [7, 11) is -3.40. The molecule has 21 heavy (non-hydrogen) atoms. The molecule has 3 rings (SSSR count). The van der Waals surface area contributed by atoms with Crippen molar-refractivity contribution in [1.29, 1.82) is 0 Å². The summed E-state index contributed by atoms with van der Waals surface area (Å²) in [5, 5.41) is 0. The zero-order valence-corrected chi connectivity index (χ0v) is 13.8. The second kappa shape index (κ2) is 4.22. The van der Waals surface area contributed by atoms with Crippen molar-refractivity contribution < 1.29 is 12.8 Å².